The molecule has 0 aromatic heterocycles. The Hall–Kier alpha value is -2.69. The first-order chi connectivity index (χ1) is 18.8. The minimum atomic E-state index is -3.48. The Kier molecular flexibility index (Phi) is 12.0. The normalized spacial score (nSPS) is 11.8. The molecule has 0 aliphatic rings. The predicted molar refractivity (Wildman–Crippen MR) is 152 cm³/mol. The maximum atomic E-state index is 15.1. The molecule has 0 spiro atoms. The molecule has 0 radical (unpaired) electrons. The van der Waals surface area contributed by atoms with E-state index in [4.69, 9.17) is 0 Å². The second-order valence-corrected chi connectivity index (χ2v) is 10.6. The Balaban J connectivity index is 1.64. The summed E-state index contributed by atoms with van der Waals surface area (Å²) in [7, 11) is 0. The van der Waals surface area contributed by atoms with Gasteiger partial charge in [-0.05, 0) is 48.1 Å². The van der Waals surface area contributed by atoms with Crippen LogP contribution < -0.4 is 0 Å². The smallest absolute Gasteiger partial charge is 0.206 e. The number of alkyl halides is 2. The summed E-state index contributed by atoms with van der Waals surface area (Å²) in [5.41, 5.74) is 1.13. The molecule has 3 rings (SSSR count). The van der Waals surface area contributed by atoms with E-state index in [0.29, 0.717) is 12.0 Å². The molecule has 0 aliphatic carbocycles. The van der Waals surface area contributed by atoms with Crippen LogP contribution >= 0.6 is 0 Å². The number of aryl methyl sites for hydroxylation is 1. The minimum Gasteiger partial charge on any atom is -0.206 e. The molecule has 0 fully saturated rings. The fourth-order valence-corrected chi connectivity index (χ4v) is 5.01. The van der Waals surface area contributed by atoms with Crippen LogP contribution in [0.4, 0.5) is 22.0 Å². The maximum absolute atomic E-state index is 15.1. The first-order valence-electron chi connectivity index (χ1n) is 14.5. The summed E-state index contributed by atoms with van der Waals surface area (Å²) >= 11 is 0. The fraction of sp³-hybridized carbons (Fsp3) is 0.471. The standard InChI is InChI=1S/C34H41F5/c1-3-5-7-8-9-10-11-12-14-25-15-17-26(18-16-25)27-19-20-28(31(35)24-27)29-21-22-30(33(37)32(29)36)34(38,39)23-13-6-4-2/h15-22,24H,3-14,23H2,1-2H3. The zero-order chi connectivity index (χ0) is 28.3. The Morgan fingerprint density at radius 2 is 1.13 bits per heavy atom. The van der Waals surface area contributed by atoms with E-state index < -0.39 is 35.4 Å². The van der Waals surface area contributed by atoms with Crippen molar-refractivity contribution in [2.75, 3.05) is 0 Å². The number of rotatable bonds is 16. The molecule has 0 saturated carbocycles. The lowest BCUT2D eigenvalue weighted by atomic mass is 9.95. The first kappa shape index (κ1) is 30.8. The Morgan fingerprint density at radius 1 is 0.564 bits per heavy atom. The highest BCUT2D eigenvalue weighted by atomic mass is 19.3. The van der Waals surface area contributed by atoms with Crippen LogP contribution in [0.15, 0.2) is 54.6 Å². The highest BCUT2D eigenvalue weighted by Crippen LogP contribution is 2.39. The van der Waals surface area contributed by atoms with Gasteiger partial charge >= 0.3 is 0 Å². The van der Waals surface area contributed by atoms with Crippen molar-refractivity contribution >= 4 is 0 Å². The molecular formula is C34H41F5. The van der Waals surface area contributed by atoms with Crippen molar-refractivity contribution in [3.8, 4) is 22.3 Å². The summed E-state index contributed by atoms with van der Waals surface area (Å²) in [6, 6.07) is 14.1. The van der Waals surface area contributed by atoms with Gasteiger partial charge in [-0.25, -0.2) is 22.0 Å². The number of halogens is 5. The monoisotopic (exact) mass is 544 g/mol. The van der Waals surface area contributed by atoms with E-state index >= 15 is 4.39 Å². The highest BCUT2D eigenvalue weighted by molar-refractivity contribution is 5.72. The van der Waals surface area contributed by atoms with E-state index in [2.05, 4.69) is 6.92 Å². The second kappa shape index (κ2) is 15.2. The van der Waals surface area contributed by atoms with Gasteiger partial charge in [-0.1, -0.05) is 114 Å². The van der Waals surface area contributed by atoms with Gasteiger partial charge in [0, 0.05) is 17.5 Å². The third-order valence-electron chi connectivity index (χ3n) is 7.44. The van der Waals surface area contributed by atoms with E-state index in [1.54, 1.807) is 6.07 Å². The van der Waals surface area contributed by atoms with Crippen LogP contribution in [0, 0.1) is 17.5 Å². The van der Waals surface area contributed by atoms with E-state index in [1.165, 1.54) is 62.6 Å². The quantitative estimate of drug-likeness (QED) is 0.124. The molecule has 0 saturated heterocycles. The van der Waals surface area contributed by atoms with Crippen LogP contribution in [-0.4, -0.2) is 0 Å². The predicted octanol–water partition coefficient (Wildman–Crippen LogP) is 11.8. The minimum absolute atomic E-state index is 0.165. The molecule has 5 heteroatoms. The molecule has 0 amide bonds. The van der Waals surface area contributed by atoms with Gasteiger partial charge in [-0.2, -0.15) is 0 Å². The molecule has 0 nitrogen and oxygen atoms in total. The van der Waals surface area contributed by atoms with Crippen LogP contribution in [0.5, 0.6) is 0 Å². The Labute approximate surface area is 230 Å². The van der Waals surface area contributed by atoms with E-state index in [1.807, 2.05) is 31.2 Å². The summed E-state index contributed by atoms with van der Waals surface area (Å²) in [5.74, 6) is -7.30. The largest absolute Gasteiger partial charge is 0.276 e. The second-order valence-electron chi connectivity index (χ2n) is 10.6. The van der Waals surface area contributed by atoms with Gasteiger partial charge in [0.1, 0.15) is 5.82 Å². The average Bonchev–Trinajstić information content (AvgIpc) is 2.92. The lowest BCUT2D eigenvalue weighted by Gasteiger charge is -2.19. The SMILES string of the molecule is CCCCCCCCCCc1ccc(-c2ccc(-c3ccc(C(F)(F)CCCCC)c(F)c3F)c(F)c2)cc1. The molecular weight excluding hydrogens is 503 g/mol. The summed E-state index contributed by atoms with van der Waals surface area (Å²) in [4.78, 5) is 0. The van der Waals surface area contributed by atoms with E-state index in [9.17, 15) is 17.6 Å². The number of unbranched alkanes of at least 4 members (excludes halogenated alkanes) is 9. The molecule has 0 heterocycles. The van der Waals surface area contributed by atoms with Gasteiger partial charge in [0.15, 0.2) is 11.6 Å². The third-order valence-corrected chi connectivity index (χ3v) is 7.44. The fourth-order valence-electron chi connectivity index (χ4n) is 5.01. The van der Waals surface area contributed by atoms with Crippen molar-refractivity contribution in [2.24, 2.45) is 0 Å². The molecule has 3 aromatic rings. The van der Waals surface area contributed by atoms with Gasteiger partial charge < -0.3 is 0 Å². The van der Waals surface area contributed by atoms with Crippen LogP contribution in [0.2, 0.25) is 0 Å². The molecule has 3 aromatic carbocycles. The molecule has 0 aliphatic heterocycles. The number of hydrogen-bond donors (Lipinski definition) is 0. The van der Waals surface area contributed by atoms with Crippen LogP contribution in [0.3, 0.4) is 0 Å². The zero-order valence-corrected chi connectivity index (χ0v) is 23.3. The van der Waals surface area contributed by atoms with Crippen LogP contribution in [0.25, 0.3) is 22.3 Å². The van der Waals surface area contributed by atoms with Crippen molar-refractivity contribution < 1.29 is 22.0 Å². The van der Waals surface area contributed by atoms with Gasteiger partial charge in [0.05, 0.1) is 5.56 Å². The topological polar surface area (TPSA) is 0 Å². The lowest BCUT2D eigenvalue weighted by Crippen LogP contribution is -2.16. The van der Waals surface area contributed by atoms with Crippen molar-refractivity contribution in [3.05, 3.63) is 83.2 Å². The lowest BCUT2D eigenvalue weighted by molar-refractivity contribution is -0.0195. The summed E-state index contributed by atoms with van der Waals surface area (Å²) in [5, 5.41) is 0. The number of benzene rings is 3. The molecule has 0 unspecified atom stereocenters. The summed E-state index contributed by atoms with van der Waals surface area (Å²) in [6.45, 7) is 4.10. The Morgan fingerprint density at radius 3 is 1.77 bits per heavy atom. The van der Waals surface area contributed by atoms with E-state index in [-0.39, 0.29) is 17.5 Å². The van der Waals surface area contributed by atoms with E-state index in [0.717, 1.165) is 37.0 Å². The first-order valence-corrected chi connectivity index (χ1v) is 14.5. The summed E-state index contributed by atoms with van der Waals surface area (Å²) < 4.78 is 73.5. The van der Waals surface area contributed by atoms with Gasteiger partial charge in [-0.15, -0.1) is 0 Å². The van der Waals surface area contributed by atoms with Crippen molar-refractivity contribution in [1.82, 2.24) is 0 Å². The number of hydrogen-bond acceptors (Lipinski definition) is 0. The molecule has 212 valence electrons. The van der Waals surface area contributed by atoms with Crippen molar-refractivity contribution in [2.45, 2.75) is 103 Å². The molecule has 0 N–H and O–H groups in total. The molecule has 0 atom stereocenters. The zero-order valence-electron chi connectivity index (χ0n) is 23.3. The molecule has 39 heavy (non-hydrogen) atoms. The molecule has 0 bridgehead atoms. The highest BCUT2D eigenvalue weighted by Gasteiger charge is 2.36. The van der Waals surface area contributed by atoms with Gasteiger partial charge in [0.2, 0.25) is 0 Å². The van der Waals surface area contributed by atoms with Crippen LogP contribution in [0.1, 0.15) is 102 Å². The average molecular weight is 545 g/mol. The third kappa shape index (κ3) is 8.65. The van der Waals surface area contributed by atoms with Crippen LogP contribution in [-0.2, 0) is 12.3 Å². The Bertz CT molecular complexity index is 1170. The van der Waals surface area contributed by atoms with Gasteiger partial charge in [-0.3, -0.25) is 0 Å². The maximum Gasteiger partial charge on any atom is 0.276 e. The van der Waals surface area contributed by atoms with Gasteiger partial charge in [0.25, 0.3) is 5.92 Å². The van der Waals surface area contributed by atoms with Crippen molar-refractivity contribution in [1.29, 1.82) is 0 Å². The summed E-state index contributed by atoms with van der Waals surface area (Å²) in [6.07, 6.45) is 12.1. The van der Waals surface area contributed by atoms with Crippen molar-refractivity contribution in [3.63, 3.8) is 0 Å².